The minimum atomic E-state index is -4.64. The van der Waals surface area contributed by atoms with Crippen LogP contribution >= 0.6 is 0 Å². The summed E-state index contributed by atoms with van der Waals surface area (Å²) in [7, 11) is 0. The minimum Gasteiger partial charge on any atom is -0.383 e. The lowest BCUT2D eigenvalue weighted by atomic mass is 9.91. The molecule has 2 aliphatic heterocycles. The predicted octanol–water partition coefficient (Wildman–Crippen LogP) is 3.13. The summed E-state index contributed by atoms with van der Waals surface area (Å²) in [6.07, 6.45) is -1.84. The van der Waals surface area contributed by atoms with Crippen molar-refractivity contribution < 1.29 is 22.8 Å². The fourth-order valence-corrected chi connectivity index (χ4v) is 3.90. The molecule has 0 bridgehead atoms. The van der Waals surface area contributed by atoms with Crippen LogP contribution in [0.15, 0.2) is 24.3 Å². The molecule has 4 rings (SSSR count). The number of aromatic nitrogens is 2. The molecule has 1 aromatic carbocycles. The van der Waals surface area contributed by atoms with E-state index < -0.39 is 35.2 Å². The number of nitrogens with one attached hydrogen (secondary N) is 2. The van der Waals surface area contributed by atoms with E-state index in [2.05, 4.69) is 20.6 Å². The number of nitrogens with zero attached hydrogens (tertiary/aromatic N) is 3. The van der Waals surface area contributed by atoms with Gasteiger partial charge in [0.15, 0.2) is 0 Å². The average molecular weight is 434 g/mol. The summed E-state index contributed by atoms with van der Waals surface area (Å²) >= 11 is 0. The van der Waals surface area contributed by atoms with Crippen molar-refractivity contribution in [2.45, 2.75) is 37.8 Å². The van der Waals surface area contributed by atoms with Gasteiger partial charge in [-0.2, -0.15) is 23.1 Å². The van der Waals surface area contributed by atoms with Gasteiger partial charge in [0.05, 0.1) is 22.7 Å². The Kier molecular flexibility index (Phi) is 5.42. The number of alkyl halides is 3. The fourth-order valence-electron chi connectivity index (χ4n) is 3.90. The van der Waals surface area contributed by atoms with Gasteiger partial charge < -0.3 is 21.3 Å². The van der Waals surface area contributed by atoms with Crippen molar-refractivity contribution in [3.8, 4) is 0 Å². The SMILES string of the molecule is Nc1nc(N2CCCCC2)nc2c1[C@@H](C(=O)Nc1ccccc1C(F)(F)F)CC(=O)N2. The number of nitrogen functional groups attached to an aromatic ring is 1. The van der Waals surface area contributed by atoms with Gasteiger partial charge in [-0.1, -0.05) is 12.1 Å². The molecule has 4 N–H and O–H groups in total. The van der Waals surface area contributed by atoms with E-state index in [1.165, 1.54) is 12.1 Å². The monoisotopic (exact) mass is 434 g/mol. The lowest BCUT2D eigenvalue weighted by Gasteiger charge is -2.30. The number of rotatable bonds is 3. The Morgan fingerprint density at radius 2 is 1.87 bits per heavy atom. The second-order valence-electron chi connectivity index (χ2n) is 7.56. The van der Waals surface area contributed by atoms with Crippen LogP contribution in [0.25, 0.3) is 0 Å². The van der Waals surface area contributed by atoms with Gasteiger partial charge in [0.1, 0.15) is 11.6 Å². The lowest BCUT2D eigenvalue weighted by Crippen LogP contribution is -2.35. The molecule has 0 spiro atoms. The molecule has 164 valence electrons. The molecule has 2 aromatic rings. The molecule has 0 saturated carbocycles. The normalized spacial score (nSPS) is 18.9. The first-order valence-electron chi connectivity index (χ1n) is 9.93. The Morgan fingerprint density at radius 1 is 1.16 bits per heavy atom. The first-order valence-corrected chi connectivity index (χ1v) is 9.93. The number of benzene rings is 1. The predicted molar refractivity (Wildman–Crippen MR) is 109 cm³/mol. The number of hydrogen-bond donors (Lipinski definition) is 3. The summed E-state index contributed by atoms with van der Waals surface area (Å²) in [6.45, 7) is 1.51. The van der Waals surface area contributed by atoms with Crippen LogP contribution in [0.3, 0.4) is 0 Å². The molecule has 0 aliphatic carbocycles. The summed E-state index contributed by atoms with van der Waals surface area (Å²) < 4.78 is 39.8. The number of anilines is 4. The van der Waals surface area contributed by atoms with Crippen LogP contribution in [0.4, 0.5) is 36.4 Å². The Labute approximate surface area is 176 Å². The van der Waals surface area contributed by atoms with Crippen molar-refractivity contribution in [1.29, 1.82) is 0 Å². The maximum Gasteiger partial charge on any atom is 0.418 e. The second kappa shape index (κ2) is 8.05. The van der Waals surface area contributed by atoms with E-state index >= 15 is 0 Å². The van der Waals surface area contributed by atoms with Crippen LogP contribution in [0, 0.1) is 0 Å². The summed E-state index contributed by atoms with van der Waals surface area (Å²) in [6, 6.07) is 4.65. The highest BCUT2D eigenvalue weighted by Gasteiger charge is 2.37. The molecule has 2 aliphatic rings. The van der Waals surface area contributed by atoms with E-state index in [1.54, 1.807) is 0 Å². The van der Waals surface area contributed by atoms with Gasteiger partial charge in [-0.15, -0.1) is 0 Å². The Bertz CT molecular complexity index is 1020. The Morgan fingerprint density at radius 3 is 2.58 bits per heavy atom. The smallest absolute Gasteiger partial charge is 0.383 e. The zero-order chi connectivity index (χ0) is 22.2. The van der Waals surface area contributed by atoms with Gasteiger partial charge in [0.2, 0.25) is 17.8 Å². The maximum atomic E-state index is 13.3. The molecule has 31 heavy (non-hydrogen) atoms. The zero-order valence-electron chi connectivity index (χ0n) is 16.5. The number of carbonyl (C=O) groups is 2. The summed E-state index contributed by atoms with van der Waals surface area (Å²) in [5.41, 5.74) is 4.97. The topological polar surface area (TPSA) is 113 Å². The number of hydrogen-bond acceptors (Lipinski definition) is 6. The summed E-state index contributed by atoms with van der Waals surface area (Å²) in [5.74, 6) is -1.86. The molecule has 0 radical (unpaired) electrons. The highest BCUT2D eigenvalue weighted by Crippen LogP contribution is 2.39. The van der Waals surface area contributed by atoms with Crippen molar-refractivity contribution in [3.05, 3.63) is 35.4 Å². The number of halogens is 3. The lowest BCUT2D eigenvalue weighted by molar-refractivity contribution is -0.137. The van der Waals surface area contributed by atoms with E-state index in [-0.39, 0.29) is 23.6 Å². The number of piperidine rings is 1. The van der Waals surface area contributed by atoms with Crippen molar-refractivity contribution in [2.75, 3.05) is 34.4 Å². The van der Waals surface area contributed by atoms with Gasteiger partial charge in [-0.05, 0) is 31.4 Å². The van der Waals surface area contributed by atoms with Gasteiger partial charge in [-0.3, -0.25) is 9.59 Å². The average Bonchev–Trinajstić information content (AvgIpc) is 2.73. The zero-order valence-corrected chi connectivity index (χ0v) is 16.5. The first kappa shape index (κ1) is 20.9. The van der Waals surface area contributed by atoms with Crippen molar-refractivity contribution >= 4 is 35.1 Å². The van der Waals surface area contributed by atoms with E-state index in [1.807, 2.05) is 4.90 Å². The third-order valence-corrected chi connectivity index (χ3v) is 5.40. The Hall–Kier alpha value is -3.37. The van der Waals surface area contributed by atoms with E-state index in [9.17, 15) is 22.8 Å². The standard InChI is InChI=1S/C20H21F3N6O2/c21-20(22,23)12-6-2-3-7-13(12)25-18(31)11-10-14(30)26-17-15(11)16(24)27-19(28-17)29-8-4-1-5-9-29/h2-3,6-7,11H,1,4-5,8-10H2,(H,25,31)(H3,24,26,27,28,30)/t11-/m0/s1. The third-order valence-electron chi connectivity index (χ3n) is 5.40. The third kappa shape index (κ3) is 4.25. The number of fused-ring (bicyclic) bond motifs is 1. The van der Waals surface area contributed by atoms with Gasteiger partial charge in [-0.25, -0.2) is 0 Å². The molecule has 2 amide bonds. The molecule has 8 nitrogen and oxygen atoms in total. The fraction of sp³-hybridized carbons (Fsp3) is 0.400. The van der Waals surface area contributed by atoms with Crippen LogP contribution in [-0.4, -0.2) is 34.9 Å². The molecule has 0 unspecified atom stereocenters. The largest absolute Gasteiger partial charge is 0.418 e. The molecule has 11 heteroatoms. The summed E-state index contributed by atoms with van der Waals surface area (Å²) in [4.78, 5) is 35.8. The molecular weight excluding hydrogens is 413 g/mol. The van der Waals surface area contributed by atoms with Crippen LogP contribution in [0.1, 0.15) is 42.7 Å². The number of carbonyl (C=O) groups excluding carboxylic acids is 2. The molecule has 1 aromatic heterocycles. The van der Waals surface area contributed by atoms with Gasteiger partial charge in [0, 0.05) is 19.5 Å². The highest BCUT2D eigenvalue weighted by molar-refractivity contribution is 6.05. The number of para-hydroxylation sites is 1. The van der Waals surface area contributed by atoms with Crippen molar-refractivity contribution in [3.63, 3.8) is 0 Å². The summed E-state index contributed by atoms with van der Waals surface area (Å²) in [5, 5.41) is 4.90. The first-order chi connectivity index (χ1) is 14.7. The van der Waals surface area contributed by atoms with E-state index in [0.717, 1.165) is 44.5 Å². The van der Waals surface area contributed by atoms with E-state index in [0.29, 0.717) is 5.95 Å². The maximum absolute atomic E-state index is 13.3. The minimum absolute atomic E-state index is 0.0230. The molecule has 1 saturated heterocycles. The molecule has 1 fully saturated rings. The highest BCUT2D eigenvalue weighted by atomic mass is 19.4. The van der Waals surface area contributed by atoms with Crippen molar-refractivity contribution in [1.82, 2.24) is 9.97 Å². The van der Waals surface area contributed by atoms with E-state index in [4.69, 9.17) is 5.73 Å². The molecule has 1 atom stereocenters. The van der Waals surface area contributed by atoms with Crippen LogP contribution < -0.4 is 21.3 Å². The van der Waals surface area contributed by atoms with Crippen molar-refractivity contribution in [2.24, 2.45) is 0 Å². The Balaban J connectivity index is 1.65. The van der Waals surface area contributed by atoms with Crippen LogP contribution in [-0.2, 0) is 15.8 Å². The van der Waals surface area contributed by atoms with Crippen LogP contribution in [0.5, 0.6) is 0 Å². The molecule has 3 heterocycles. The van der Waals surface area contributed by atoms with Crippen LogP contribution in [0.2, 0.25) is 0 Å². The quantitative estimate of drug-likeness (QED) is 0.684. The van der Waals surface area contributed by atoms with Gasteiger partial charge in [0.25, 0.3) is 0 Å². The second-order valence-corrected chi connectivity index (χ2v) is 7.56. The van der Waals surface area contributed by atoms with Gasteiger partial charge >= 0.3 is 6.18 Å². The number of amides is 2. The molecular formula is C20H21F3N6O2. The number of nitrogens with two attached hydrogens (primary N) is 1.